The molecule has 0 saturated carbocycles. The smallest absolute Gasteiger partial charge is 0.336 e. The van der Waals surface area contributed by atoms with Crippen molar-refractivity contribution in [2.45, 2.75) is 25.4 Å². The minimum absolute atomic E-state index is 0.0472. The first-order valence-corrected chi connectivity index (χ1v) is 10.7. The molecule has 2 amide bonds. The molecule has 14 nitrogen and oxygen atoms in total. The summed E-state index contributed by atoms with van der Waals surface area (Å²) in [6.45, 7) is 0.587. The monoisotopic (exact) mass is 490 g/mol. The first-order valence-electron chi connectivity index (χ1n) is 9.23. The zero-order valence-electron chi connectivity index (χ0n) is 18.1. The third-order valence-corrected chi connectivity index (χ3v) is 5.25. The molecular weight excluding hydrogens is 467 g/mol. The first kappa shape index (κ1) is 25.7. The number of amides is 2. The maximum Gasteiger partial charge on any atom is 0.336 e. The number of urea groups is 1. The van der Waals surface area contributed by atoms with E-state index in [2.05, 4.69) is 25.0 Å². The van der Waals surface area contributed by atoms with Gasteiger partial charge in [0, 0.05) is 19.5 Å². The fourth-order valence-corrected chi connectivity index (χ4v) is 3.61. The number of anilines is 1. The molecule has 2 rings (SSSR count). The van der Waals surface area contributed by atoms with Gasteiger partial charge in [0.2, 0.25) is 17.7 Å². The molecule has 16 heteroatoms. The number of carbonyl (C=O) groups excluding carboxylic acids is 2. The highest BCUT2D eigenvalue weighted by atomic mass is 32.2. The van der Waals surface area contributed by atoms with E-state index in [0.29, 0.717) is 4.31 Å². The van der Waals surface area contributed by atoms with Crippen molar-refractivity contribution in [2.24, 2.45) is 4.99 Å². The number of aliphatic imine (C=N–C) groups is 1. The molecule has 1 aliphatic rings. The molecule has 3 atom stereocenters. The molecule has 182 valence electrons. The van der Waals surface area contributed by atoms with Crippen molar-refractivity contribution in [2.75, 3.05) is 33.3 Å². The Kier molecular flexibility index (Phi) is 8.86. The molecule has 0 aliphatic carbocycles. The predicted molar refractivity (Wildman–Crippen MR) is 112 cm³/mol. The number of hydrogen-bond donors (Lipinski definition) is 2. The van der Waals surface area contributed by atoms with Crippen molar-refractivity contribution < 1.29 is 41.3 Å². The number of halogens is 1. The summed E-state index contributed by atoms with van der Waals surface area (Å²) < 4.78 is 61.7. The zero-order valence-corrected chi connectivity index (χ0v) is 18.9. The lowest BCUT2D eigenvalue weighted by Gasteiger charge is -2.34. The highest BCUT2D eigenvalue weighted by Crippen LogP contribution is 2.22. The molecule has 0 aromatic carbocycles. The van der Waals surface area contributed by atoms with E-state index < -0.39 is 47.3 Å². The van der Waals surface area contributed by atoms with E-state index >= 15 is 0 Å². The third-order valence-electron chi connectivity index (χ3n) is 3.92. The van der Waals surface area contributed by atoms with Gasteiger partial charge in [0.15, 0.2) is 12.3 Å². The number of alkyl halides is 1. The second-order valence-corrected chi connectivity index (χ2v) is 7.86. The lowest BCUT2D eigenvalue weighted by Crippen LogP contribution is -2.53. The lowest BCUT2D eigenvalue weighted by atomic mass is 10.2. The molecule has 1 aromatic rings. The summed E-state index contributed by atoms with van der Waals surface area (Å²) in [6.07, 6.45) is -1.51. The van der Waals surface area contributed by atoms with Gasteiger partial charge in [-0.15, -0.1) is 0 Å². The van der Waals surface area contributed by atoms with Crippen LogP contribution in [0, 0.1) is 0 Å². The summed E-state index contributed by atoms with van der Waals surface area (Å²) in [5.41, 5.74) is 0. The van der Waals surface area contributed by atoms with Crippen molar-refractivity contribution in [3.63, 3.8) is 0 Å². The lowest BCUT2D eigenvalue weighted by molar-refractivity contribution is -0.159. The van der Waals surface area contributed by atoms with Crippen LogP contribution in [0.1, 0.15) is 6.92 Å². The van der Waals surface area contributed by atoms with Gasteiger partial charge < -0.3 is 18.9 Å². The second kappa shape index (κ2) is 11.4. The minimum atomic E-state index is -4.65. The summed E-state index contributed by atoms with van der Waals surface area (Å²) in [7, 11) is -0.771. The maximum atomic E-state index is 14.2. The van der Waals surface area contributed by atoms with Gasteiger partial charge in [-0.2, -0.15) is 18.4 Å². The maximum absolute atomic E-state index is 14.2. The van der Waals surface area contributed by atoms with E-state index in [0.717, 1.165) is 13.1 Å². The number of allylic oxidation sites excluding steroid dienone is 1. The van der Waals surface area contributed by atoms with Gasteiger partial charge in [0.25, 0.3) is 0 Å². The molecule has 0 radical (unpaired) electrons. The van der Waals surface area contributed by atoms with Crippen molar-refractivity contribution in [1.29, 1.82) is 0 Å². The number of methoxy groups -OCH3 is 3. The summed E-state index contributed by atoms with van der Waals surface area (Å²) in [4.78, 5) is 35.7. The third kappa shape index (κ3) is 6.98. The van der Waals surface area contributed by atoms with Gasteiger partial charge in [-0.05, 0) is 13.0 Å². The number of rotatable bonds is 10. The van der Waals surface area contributed by atoms with E-state index in [1.165, 1.54) is 39.7 Å². The van der Waals surface area contributed by atoms with Gasteiger partial charge in [-0.1, -0.05) is 0 Å². The Morgan fingerprint density at radius 2 is 1.85 bits per heavy atom. The van der Waals surface area contributed by atoms with E-state index in [1.54, 1.807) is 4.72 Å². The molecule has 2 heterocycles. The van der Waals surface area contributed by atoms with Crippen LogP contribution in [0.2, 0.25) is 0 Å². The minimum Gasteiger partial charge on any atom is -0.481 e. The fourth-order valence-electron chi connectivity index (χ4n) is 2.53. The van der Waals surface area contributed by atoms with Crippen molar-refractivity contribution in [1.82, 2.24) is 19.0 Å². The SMILES string of the molecule is COCC(=O)OC(C(C)F)C1N=CC=CN1S(=O)(=O)NC(=O)Nc1nc(OC)cc(OC)n1. The molecule has 0 fully saturated rings. The number of nitrogens with one attached hydrogen (secondary N) is 2. The highest BCUT2D eigenvalue weighted by Gasteiger charge is 2.40. The molecule has 1 aromatic heterocycles. The summed E-state index contributed by atoms with van der Waals surface area (Å²) in [5.74, 6) is -1.15. The molecule has 0 saturated heterocycles. The normalized spacial score (nSPS) is 17.1. The van der Waals surface area contributed by atoms with Crippen molar-refractivity contribution in [3.05, 3.63) is 18.3 Å². The van der Waals surface area contributed by atoms with Gasteiger partial charge in [0.05, 0.1) is 20.3 Å². The number of carbonyl (C=O) groups is 2. The number of aromatic nitrogens is 2. The van der Waals surface area contributed by atoms with Crippen LogP contribution < -0.4 is 19.5 Å². The van der Waals surface area contributed by atoms with Crippen LogP contribution in [0.15, 0.2) is 23.3 Å². The Bertz CT molecular complexity index is 997. The summed E-state index contributed by atoms with van der Waals surface area (Å²) in [6, 6.07) is 0.0950. The Labute approximate surface area is 189 Å². The molecule has 2 N–H and O–H groups in total. The van der Waals surface area contributed by atoms with Crippen molar-refractivity contribution >= 4 is 34.4 Å². The Morgan fingerprint density at radius 1 is 1.21 bits per heavy atom. The topological polar surface area (TPSA) is 171 Å². The predicted octanol–water partition coefficient (Wildman–Crippen LogP) is 0.00250. The average molecular weight is 490 g/mol. The Morgan fingerprint density at radius 3 is 2.39 bits per heavy atom. The molecule has 3 unspecified atom stereocenters. The van der Waals surface area contributed by atoms with E-state index in [-0.39, 0.29) is 17.7 Å². The number of hydrogen-bond acceptors (Lipinski definition) is 11. The summed E-state index contributed by atoms with van der Waals surface area (Å²) >= 11 is 0. The fraction of sp³-hybridized carbons (Fsp3) is 0.471. The average Bonchev–Trinajstić information content (AvgIpc) is 2.76. The molecule has 1 aliphatic heterocycles. The highest BCUT2D eigenvalue weighted by molar-refractivity contribution is 7.87. The Hall–Kier alpha value is -3.53. The van der Waals surface area contributed by atoms with Crippen molar-refractivity contribution in [3.8, 4) is 11.8 Å². The van der Waals surface area contributed by atoms with E-state index in [4.69, 9.17) is 14.2 Å². The van der Waals surface area contributed by atoms with Crippen LogP contribution >= 0.6 is 0 Å². The number of ether oxygens (including phenoxy) is 4. The molecule has 0 bridgehead atoms. The molecular formula is C17H23FN6O8S. The first-order chi connectivity index (χ1) is 15.6. The van der Waals surface area contributed by atoms with Crippen LogP contribution in [0.25, 0.3) is 0 Å². The molecule has 33 heavy (non-hydrogen) atoms. The summed E-state index contributed by atoms with van der Waals surface area (Å²) in [5, 5.41) is 2.13. The Balaban J connectivity index is 2.20. The van der Waals surface area contributed by atoms with Crippen LogP contribution in [0.4, 0.5) is 15.1 Å². The van der Waals surface area contributed by atoms with Gasteiger partial charge in [-0.25, -0.2) is 23.0 Å². The zero-order chi connectivity index (χ0) is 24.6. The van der Waals surface area contributed by atoms with Crippen LogP contribution in [0.5, 0.6) is 11.8 Å². The number of esters is 1. The van der Waals surface area contributed by atoms with E-state index in [1.807, 2.05) is 0 Å². The van der Waals surface area contributed by atoms with Gasteiger partial charge in [0.1, 0.15) is 12.8 Å². The van der Waals surface area contributed by atoms with Gasteiger partial charge in [-0.3, -0.25) is 10.3 Å². The largest absolute Gasteiger partial charge is 0.481 e. The quantitative estimate of drug-likeness (QED) is 0.426. The van der Waals surface area contributed by atoms with Crippen LogP contribution in [-0.4, -0.2) is 87.3 Å². The standard InChI is InChI=1S/C17H23FN6O8S/c1-10(18)14(32-13(25)9-29-2)15-19-6-5-7-24(15)33(27,28)23-17(26)22-16-20-11(30-3)8-12(21-16)31-4/h5-8,10,14-15H,9H2,1-4H3,(H2,20,21,22,23,26). The van der Waals surface area contributed by atoms with Crippen LogP contribution in [0.3, 0.4) is 0 Å². The number of nitrogens with zero attached hydrogens (tertiary/aromatic N) is 4. The molecule has 0 spiro atoms. The van der Waals surface area contributed by atoms with Gasteiger partial charge >= 0.3 is 22.2 Å². The second-order valence-electron chi connectivity index (χ2n) is 6.29. The van der Waals surface area contributed by atoms with E-state index in [9.17, 15) is 22.4 Å². The van der Waals surface area contributed by atoms with Crippen LogP contribution in [-0.2, 0) is 24.5 Å².